The number of likely N-dealkylation sites (N-methyl/N-ethyl adjacent to an activating group) is 1. The highest BCUT2D eigenvalue weighted by Gasteiger charge is 2.14. The van der Waals surface area contributed by atoms with Gasteiger partial charge in [-0.25, -0.2) is 0 Å². The number of para-hydroxylation sites is 1. The van der Waals surface area contributed by atoms with E-state index in [4.69, 9.17) is 10.5 Å². The summed E-state index contributed by atoms with van der Waals surface area (Å²) in [7, 11) is 0. The fourth-order valence-corrected chi connectivity index (χ4v) is 2.21. The lowest BCUT2D eigenvalue weighted by Crippen LogP contribution is -2.33. The first-order valence-electron chi connectivity index (χ1n) is 7.42. The van der Waals surface area contributed by atoms with E-state index in [1.165, 1.54) is 12.8 Å². The Balaban J connectivity index is 2.67. The molecule has 0 aliphatic rings. The summed E-state index contributed by atoms with van der Waals surface area (Å²) >= 11 is 0. The molecule has 3 heteroatoms. The third-order valence-corrected chi connectivity index (χ3v) is 3.35. The van der Waals surface area contributed by atoms with Gasteiger partial charge in [0, 0.05) is 18.2 Å². The summed E-state index contributed by atoms with van der Waals surface area (Å²) in [5, 5.41) is 0. The molecule has 1 atom stereocenters. The molecule has 0 aliphatic heterocycles. The van der Waals surface area contributed by atoms with Crippen LogP contribution in [0.15, 0.2) is 24.3 Å². The van der Waals surface area contributed by atoms with Crippen molar-refractivity contribution in [3.63, 3.8) is 0 Å². The molecule has 1 rings (SSSR count). The smallest absolute Gasteiger partial charge is 0.124 e. The molecular formula is C16H28N2O. The van der Waals surface area contributed by atoms with Crippen molar-refractivity contribution in [2.24, 2.45) is 5.73 Å². The highest BCUT2D eigenvalue weighted by atomic mass is 16.5. The predicted octanol–water partition coefficient (Wildman–Crippen LogP) is 3.21. The van der Waals surface area contributed by atoms with Crippen molar-refractivity contribution in [2.45, 2.75) is 39.7 Å². The molecule has 0 saturated heterocycles. The molecule has 1 unspecified atom stereocenters. The first-order chi connectivity index (χ1) is 9.22. The van der Waals surface area contributed by atoms with Gasteiger partial charge in [-0.3, -0.25) is 0 Å². The molecule has 1 aromatic rings. The Morgan fingerprint density at radius 3 is 2.58 bits per heavy atom. The van der Waals surface area contributed by atoms with Crippen molar-refractivity contribution in [1.29, 1.82) is 0 Å². The molecule has 0 amide bonds. The molecule has 0 aromatic heterocycles. The molecular weight excluding hydrogens is 236 g/mol. The Kier molecular flexibility index (Phi) is 7.53. The predicted molar refractivity (Wildman–Crippen MR) is 81.6 cm³/mol. The molecule has 0 saturated carbocycles. The van der Waals surface area contributed by atoms with E-state index in [1.54, 1.807) is 0 Å². The van der Waals surface area contributed by atoms with Crippen molar-refractivity contribution >= 4 is 0 Å². The first-order valence-corrected chi connectivity index (χ1v) is 7.42. The zero-order valence-electron chi connectivity index (χ0n) is 12.6. The van der Waals surface area contributed by atoms with Crippen LogP contribution in [0.5, 0.6) is 5.75 Å². The van der Waals surface area contributed by atoms with E-state index in [9.17, 15) is 0 Å². The largest absolute Gasteiger partial charge is 0.494 e. The summed E-state index contributed by atoms with van der Waals surface area (Å²) in [4.78, 5) is 2.41. The SMILES string of the molecule is CCCCN(CC)CC(N)c1ccccc1OCC. The highest BCUT2D eigenvalue weighted by Crippen LogP contribution is 2.24. The lowest BCUT2D eigenvalue weighted by Gasteiger charge is -2.25. The maximum atomic E-state index is 6.35. The average molecular weight is 264 g/mol. The van der Waals surface area contributed by atoms with E-state index in [-0.39, 0.29) is 6.04 Å². The number of unbranched alkanes of at least 4 members (excludes halogenated alkanes) is 1. The summed E-state index contributed by atoms with van der Waals surface area (Å²) in [6.45, 7) is 10.1. The molecule has 0 heterocycles. The van der Waals surface area contributed by atoms with Crippen LogP contribution in [0, 0.1) is 0 Å². The Bertz CT molecular complexity index is 354. The number of nitrogens with zero attached hydrogens (tertiary/aromatic N) is 1. The monoisotopic (exact) mass is 264 g/mol. The standard InChI is InChI=1S/C16H28N2O/c1-4-7-12-18(5-2)13-15(17)14-10-8-9-11-16(14)19-6-3/h8-11,15H,4-7,12-13,17H2,1-3H3. The van der Waals surface area contributed by atoms with Crippen LogP contribution < -0.4 is 10.5 Å². The second-order valence-corrected chi connectivity index (χ2v) is 4.82. The number of nitrogens with two attached hydrogens (primary N) is 1. The summed E-state index contributed by atoms with van der Waals surface area (Å²) in [6, 6.07) is 8.11. The van der Waals surface area contributed by atoms with Crippen LogP contribution in [0.3, 0.4) is 0 Å². The Labute approximate surface area is 117 Å². The van der Waals surface area contributed by atoms with Crippen molar-refractivity contribution in [3.8, 4) is 5.75 Å². The minimum absolute atomic E-state index is 0.0135. The van der Waals surface area contributed by atoms with Gasteiger partial charge in [-0.15, -0.1) is 0 Å². The minimum Gasteiger partial charge on any atom is -0.494 e. The van der Waals surface area contributed by atoms with Crippen LogP contribution in [0.1, 0.15) is 45.2 Å². The Morgan fingerprint density at radius 2 is 1.95 bits per heavy atom. The van der Waals surface area contributed by atoms with Crippen LogP contribution in [-0.2, 0) is 0 Å². The van der Waals surface area contributed by atoms with E-state index < -0.39 is 0 Å². The lowest BCUT2D eigenvalue weighted by atomic mass is 10.1. The van der Waals surface area contributed by atoms with E-state index >= 15 is 0 Å². The summed E-state index contributed by atoms with van der Waals surface area (Å²) in [5.74, 6) is 0.920. The summed E-state index contributed by atoms with van der Waals surface area (Å²) in [5.41, 5.74) is 7.46. The van der Waals surface area contributed by atoms with Gasteiger partial charge in [0.1, 0.15) is 5.75 Å². The number of hydrogen-bond acceptors (Lipinski definition) is 3. The van der Waals surface area contributed by atoms with E-state index in [2.05, 4.69) is 24.8 Å². The van der Waals surface area contributed by atoms with Gasteiger partial charge in [-0.05, 0) is 32.5 Å². The fraction of sp³-hybridized carbons (Fsp3) is 0.625. The normalized spacial score (nSPS) is 12.7. The van der Waals surface area contributed by atoms with Gasteiger partial charge in [0.25, 0.3) is 0 Å². The molecule has 3 nitrogen and oxygen atoms in total. The third-order valence-electron chi connectivity index (χ3n) is 3.35. The third kappa shape index (κ3) is 5.21. The molecule has 0 radical (unpaired) electrons. The Hall–Kier alpha value is -1.06. The van der Waals surface area contributed by atoms with Crippen LogP contribution in [-0.4, -0.2) is 31.1 Å². The van der Waals surface area contributed by atoms with Gasteiger partial charge >= 0.3 is 0 Å². The quantitative estimate of drug-likeness (QED) is 0.744. The maximum Gasteiger partial charge on any atom is 0.124 e. The number of benzene rings is 1. The van der Waals surface area contributed by atoms with Crippen LogP contribution in [0.2, 0.25) is 0 Å². The second-order valence-electron chi connectivity index (χ2n) is 4.82. The maximum absolute atomic E-state index is 6.35. The van der Waals surface area contributed by atoms with Gasteiger partial charge < -0.3 is 15.4 Å². The van der Waals surface area contributed by atoms with E-state index in [0.717, 1.165) is 30.9 Å². The van der Waals surface area contributed by atoms with Crippen molar-refractivity contribution in [3.05, 3.63) is 29.8 Å². The number of rotatable bonds is 9. The topological polar surface area (TPSA) is 38.5 Å². The molecule has 0 bridgehead atoms. The van der Waals surface area contributed by atoms with Crippen LogP contribution in [0.4, 0.5) is 0 Å². The van der Waals surface area contributed by atoms with Gasteiger partial charge in [0.2, 0.25) is 0 Å². The first kappa shape index (κ1) is 16.0. The van der Waals surface area contributed by atoms with Gasteiger partial charge in [0.15, 0.2) is 0 Å². The Morgan fingerprint density at radius 1 is 1.21 bits per heavy atom. The van der Waals surface area contributed by atoms with E-state index in [0.29, 0.717) is 6.61 Å². The molecule has 108 valence electrons. The number of ether oxygens (including phenoxy) is 1. The molecule has 0 aliphatic carbocycles. The van der Waals surface area contributed by atoms with Gasteiger partial charge in [-0.2, -0.15) is 0 Å². The van der Waals surface area contributed by atoms with Crippen molar-refractivity contribution in [1.82, 2.24) is 4.90 Å². The van der Waals surface area contributed by atoms with Crippen LogP contribution >= 0.6 is 0 Å². The fourth-order valence-electron chi connectivity index (χ4n) is 2.21. The summed E-state index contributed by atoms with van der Waals surface area (Å²) in [6.07, 6.45) is 2.45. The zero-order chi connectivity index (χ0) is 14.1. The molecule has 0 spiro atoms. The van der Waals surface area contributed by atoms with E-state index in [1.807, 2.05) is 25.1 Å². The molecule has 0 fully saturated rings. The van der Waals surface area contributed by atoms with Gasteiger partial charge in [-0.1, -0.05) is 38.5 Å². The van der Waals surface area contributed by atoms with Crippen molar-refractivity contribution < 1.29 is 4.74 Å². The van der Waals surface area contributed by atoms with Crippen molar-refractivity contribution in [2.75, 3.05) is 26.2 Å². The molecule has 1 aromatic carbocycles. The molecule has 19 heavy (non-hydrogen) atoms. The summed E-state index contributed by atoms with van der Waals surface area (Å²) < 4.78 is 5.66. The molecule has 2 N–H and O–H groups in total. The minimum atomic E-state index is 0.0135. The lowest BCUT2D eigenvalue weighted by molar-refractivity contribution is 0.262. The number of hydrogen-bond donors (Lipinski definition) is 1. The van der Waals surface area contributed by atoms with Crippen LogP contribution in [0.25, 0.3) is 0 Å². The highest BCUT2D eigenvalue weighted by molar-refractivity contribution is 5.35. The van der Waals surface area contributed by atoms with Gasteiger partial charge in [0.05, 0.1) is 6.61 Å². The average Bonchev–Trinajstić information content (AvgIpc) is 2.44. The second kappa shape index (κ2) is 8.94. The zero-order valence-corrected chi connectivity index (χ0v) is 12.6.